The number of nitrogens with one attached hydrogen (secondary N) is 1. The first kappa shape index (κ1) is 16.9. The predicted molar refractivity (Wildman–Crippen MR) is 86.7 cm³/mol. The normalized spacial score (nSPS) is 10.9. The molecule has 0 fully saturated rings. The van der Waals surface area contributed by atoms with Crippen LogP contribution in [0.2, 0.25) is 0 Å². The van der Waals surface area contributed by atoms with Crippen LogP contribution in [0, 0.1) is 0 Å². The zero-order valence-electron chi connectivity index (χ0n) is 12.5. The van der Waals surface area contributed by atoms with Gasteiger partial charge in [0.25, 0.3) is 0 Å². The van der Waals surface area contributed by atoms with Crippen molar-refractivity contribution in [2.24, 2.45) is 0 Å². The van der Waals surface area contributed by atoms with Crippen LogP contribution < -0.4 is 5.32 Å². The summed E-state index contributed by atoms with van der Waals surface area (Å²) in [4.78, 5) is 23.2. The Morgan fingerprint density at radius 2 is 1.80 bits per heavy atom. The van der Waals surface area contributed by atoms with Crippen LogP contribution in [0.15, 0.2) is 18.2 Å². The second-order valence-corrected chi connectivity index (χ2v) is 6.08. The summed E-state index contributed by atoms with van der Waals surface area (Å²) in [7, 11) is 0. The van der Waals surface area contributed by atoms with Crippen molar-refractivity contribution in [3.63, 3.8) is 0 Å². The molecule has 3 nitrogen and oxygen atoms in total. The van der Waals surface area contributed by atoms with Crippen molar-refractivity contribution in [1.29, 1.82) is 0 Å². The van der Waals surface area contributed by atoms with Gasteiger partial charge in [0, 0.05) is 5.69 Å². The van der Waals surface area contributed by atoms with Gasteiger partial charge in [-0.1, -0.05) is 55.8 Å². The van der Waals surface area contributed by atoms with Crippen molar-refractivity contribution >= 4 is 33.3 Å². The number of halogens is 1. The van der Waals surface area contributed by atoms with Gasteiger partial charge < -0.3 is 5.32 Å². The van der Waals surface area contributed by atoms with Crippen molar-refractivity contribution in [2.75, 3.05) is 10.6 Å². The molecule has 0 aliphatic rings. The average Bonchev–Trinajstić information content (AvgIpc) is 2.37. The van der Waals surface area contributed by atoms with E-state index in [0.717, 1.165) is 11.3 Å². The van der Waals surface area contributed by atoms with Crippen LogP contribution in [0.5, 0.6) is 0 Å². The summed E-state index contributed by atoms with van der Waals surface area (Å²) in [6, 6.07) is 5.94. The molecule has 0 spiro atoms. The van der Waals surface area contributed by atoms with Crippen LogP contribution >= 0.6 is 15.9 Å². The fourth-order valence-corrected chi connectivity index (χ4v) is 2.46. The molecule has 0 heterocycles. The minimum Gasteiger partial charge on any atom is -0.325 e. The number of carbonyl (C=O) groups is 2. The maximum absolute atomic E-state index is 11.9. The van der Waals surface area contributed by atoms with Gasteiger partial charge in [-0.05, 0) is 29.0 Å². The molecule has 4 heteroatoms. The highest BCUT2D eigenvalue weighted by Gasteiger charge is 2.16. The summed E-state index contributed by atoms with van der Waals surface area (Å²) in [5.74, 6) is 0.343. The van der Waals surface area contributed by atoms with Crippen LogP contribution in [0.1, 0.15) is 57.1 Å². The van der Waals surface area contributed by atoms with Gasteiger partial charge in [0.2, 0.25) is 5.91 Å². The third kappa shape index (κ3) is 4.44. The summed E-state index contributed by atoms with van der Waals surface area (Å²) in [6.45, 7) is 8.50. The van der Waals surface area contributed by atoms with E-state index in [-0.39, 0.29) is 23.4 Å². The van der Waals surface area contributed by atoms with Crippen LogP contribution in [0.25, 0.3) is 0 Å². The number of carbonyl (C=O) groups excluding carboxylic acids is 2. The van der Waals surface area contributed by atoms with Gasteiger partial charge in [0.1, 0.15) is 0 Å². The summed E-state index contributed by atoms with van der Waals surface area (Å²) >= 11 is 3.07. The van der Waals surface area contributed by atoms with Gasteiger partial charge >= 0.3 is 0 Å². The van der Waals surface area contributed by atoms with Gasteiger partial charge in [-0.25, -0.2) is 0 Å². The monoisotopic (exact) mass is 339 g/mol. The van der Waals surface area contributed by atoms with Gasteiger partial charge in [0.15, 0.2) is 5.78 Å². The molecule has 0 aromatic heterocycles. The first-order valence-electron chi connectivity index (χ1n) is 6.87. The van der Waals surface area contributed by atoms with Crippen LogP contribution in [-0.4, -0.2) is 17.0 Å². The number of amides is 1. The molecule has 1 rings (SSSR count). The number of ketones is 1. The highest BCUT2D eigenvalue weighted by Crippen LogP contribution is 2.32. The minimum absolute atomic E-state index is 0.0886. The van der Waals surface area contributed by atoms with Crippen LogP contribution in [0.4, 0.5) is 5.69 Å². The first-order chi connectivity index (χ1) is 9.36. The number of alkyl halides is 1. The smallest absolute Gasteiger partial charge is 0.231 e. The van der Waals surface area contributed by atoms with Crippen molar-refractivity contribution in [3.05, 3.63) is 29.3 Å². The molecule has 0 atom stereocenters. The Morgan fingerprint density at radius 3 is 2.30 bits per heavy atom. The molecule has 0 bridgehead atoms. The van der Waals surface area contributed by atoms with E-state index in [2.05, 4.69) is 55.0 Å². The highest BCUT2D eigenvalue weighted by molar-refractivity contribution is 9.09. The van der Waals surface area contributed by atoms with E-state index in [1.54, 1.807) is 0 Å². The molecule has 1 N–H and O–H groups in total. The lowest BCUT2D eigenvalue weighted by atomic mass is 9.89. The van der Waals surface area contributed by atoms with Gasteiger partial charge in [-0.15, -0.1) is 0 Å². The van der Waals surface area contributed by atoms with E-state index in [9.17, 15) is 9.59 Å². The van der Waals surface area contributed by atoms with E-state index in [1.165, 1.54) is 5.56 Å². The summed E-state index contributed by atoms with van der Waals surface area (Å²) in [5, 5.41) is 3.08. The minimum atomic E-state index is -0.253. The lowest BCUT2D eigenvalue weighted by Gasteiger charge is -2.20. The standard InChI is InChI=1S/C16H22BrNO2/c1-10(2)13-6-5-7-14(16(13)11(3)4)18-15(20)8-12(19)9-17/h5-7,10-11H,8-9H2,1-4H3,(H,18,20). The van der Waals surface area contributed by atoms with Crippen molar-refractivity contribution < 1.29 is 9.59 Å². The molecule has 1 amide bonds. The summed E-state index contributed by atoms with van der Waals surface area (Å²) in [6.07, 6.45) is -0.0886. The van der Waals surface area contributed by atoms with Crippen LogP contribution in [-0.2, 0) is 9.59 Å². The van der Waals surface area contributed by atoms with E-state index in [0.29, 0.717) is 11.8 Å². The summed E-state index contributed by atoms with van der Waals surface area (Å²) in [5.41, 5.74) is 3.21. The molecule has 0 saturated heterocycles. The van der Waals surface area contributed by atoms with E-state index in [4.69, 9.17) is 0 Å². The Hall–Kier alpha value is -1.16. The molecular formula is C16H22BrNO2. The quantitative estimate of drug-likeness (QED) is 0.622. The van der Waals surface area contributed by atoms with Gasteiger partial charge in [-0.2, -0.15) is 0 Å². The molecule has 0 saturated carbocycles. The number of benzene rings is 1. The predicted octanol–water partition coefficient (Wildman–Crippen LogP) is 4.23. The third-order valence-corrected chi connectivity index (χ3v) is 3.75. The van der Waals surface area contributed by atoms with Gasteiger partial charge in [0.05, 0.1) is 11.8 Å². The number of hydrogen-bond acceptors (Lipinski definition) is 2. The Balaban J connectivity index is 3.03. The third-order valence-electron chi connectivity index (χ3n) is 3.12. The Labute approximate surface area is 129 Å². The van der Waals surface area contributed by atoms with Gasteiger partial charge in [-0.3, -0.25) is 9.59 Å². The van der Waals surface area contributed by atoms with Crippen LogP contribution in [0.3, 0.4) is 0 Å². The maximum atomic E-state index is 11.9. The number of Topliss-reactive ketones (excluding diaryl/α,β-unsaturated/α-hetero) is 1. The topological polar surface area (TPSA) is 46.2 Å². The SMILES string of the molecule is CC(C)c1cccc(NC(=O)CC(=O)CBr)c1C(C)C. The van der Waals surface area contributed by atoms with E-state index >= 15 is 0 Å². The molecule has 0 aliphatic heterocycles. The molecule has 110 valence electrons. The lowest BCUT2D eigenvalue weighted by Crippen LogP contribution is -2.18. The highest BCUT2D eigenvalue weighted by atomic mass is 79.9. The van der Waals surface area contributed by atoms with Crippen molar-refractivity contribution in [3.8, 4) is 0 Å². The fourth-order valence-electron chi connectivity index (χ4n) is 2.26. The fraction of sp³-hybridized carbons (Fsp3) is 0.500. The average molecular weight is 340 g/mol. The van der Waals surface area contributed by atoms with E-state index < -0.39 is 0 Å². The Kier molecular flexibility index (Phi) is 6.40. The van der Waals surface area contributed by atoms with E-state index in [1.807, 2.05) is 12.1 Å². The molecule has 0 aliphatic carbocycles. The van der Waals surface area contributed by atoms with Crippen molar-refractivity contribution in [2.45, 2.75) is 46.0 Å². The maximum Gasteiger partial charge on any atom is 0.231 e. The molecule has 1 aromatic rings. The summed E-state index contributed by atoms with van der Waals surface area (Å²) < 4.78 is 0. The lowest BCUT2D eigenvalue weighted by molar-refractivity contribution is -0.123. The van der Waals surface area contributed by atoms with Crippen molar-refractivity contribution in [1.82, 2.24) is 0 Å². The Bertz CT molecular complexity index is 495. The zero-order valence-corrected chi connectivity index (χ0v) is 14.1. The number of rotatable bonds is 6. The number of anilines is 1. The Morgan fingerprint density at radius 1 is 1.15 bits per heavy atom. The molecule has 1 aromatic carbocycles. The largest absolute Gasteiger partial charge is 0.325 e. The second kappa shape index (κ2) is 7.58. The first-order valence-corrected chi connectivity index (χ1v) is 7.99. The zero-order chi connectivity index (χ0) is 15.3. The molecule has 20 heavy (non-hydrogen) atoms. The number of hydrogen-bond donors (Lipinski definition) is 1. The second-order valence-electron chi connectivity index (χ2n) is 5.52. The molecule has 0 unspecified atom stereocenters. The molecule has 0 radical (unpaired) electrons. The molecular weight excluding hydrogens is 318 g/mol.